The first-order valence-electron chi connectivity index (χ1n) is 6.20. The van der Waals surface area contributed by atoms with Crippen LogP contribution in [0.25, 0.3) is 0 Å². The van der Waals surface area contributed by atoms with Gasteiger partial charge in [0.15, 0.2) is 11.6 Å². The minimum absolute atomic E-state index is 0.0628. The number of ether oxygens (including phenoxy) is 3. The number of ketones is 2. The van der Waals surface area contributed by atoms with Crippen molar-refractivity contribution in [1.82, 2.24) is 0 Å². The highest BCUT2D eigenvalue weighted by Gasteiger charge is 2.46. The van der Waals surface area contributed by atoms with E-state index in [2.05, 4.69) is 0 Å². The smallest absolute Gasteiger partial charge is 0.164 e. The van der Waals surface area contributed by atoms with Crippen LogP contribution in [-0.4, -0.2) is 49.2 Å². The molecule has 0 bridgehead atoms. The molecule has 0 N–H and O–H groups in total. The summed E-state index contributed by atoms with van der Waals surface area (Å²) in [6.45, 7) is 1.12. The van der Waals surface area contributed by atoms with Crippen molar-refractivity contribution in [3.05, 3.63) is 0 Å². The third-order valence-corrected chi connectivity index (χ3v) is 3.42. The molecule has 0 amide bonds. The Labute approximate surface area is 99.4 Å². The maximum absolute atomic E-state index is 11.9. The predicted molar refractivity (Wildman–Crippen MR) is 56.6 cm³/mol. The Kier molecular flexibility index (Phi) is 2.98. The van der Waals surface area contributed by atoms with Crippen molar-refractivity contribution in [2.24, 2.45) is 0 Å². The SMILES string of the molecule is O=C1CCCCC(=O)C(C2CO2)OC1C1CO1. The van der Waals surface area contributed by atoms with Gasteiger partial charge in [-0.2, -0.15) is 0 Å². The van der Waals surface area contributed by atoms with E-state index in [1.54, 1.807) is 0 Å². The van der Waals surface area contributed by atoms with Gasteiger partial charge in [0.2, 0.25) is 0 Å². The van der Waals surface area contributed by atoms with Crippen molar-refractivity contribution >= 4 is 11.6 Å². The average Bonchev–Trinajstić information content (AvgIpc) is 3.14. The minimum atomic E-state index is -0.564. The summed E-state index contributed by atoms with van der Waals surface area (Å²) in [5.41, 5.74) is 0. The van der Waals surface area contributed by atoms with E-state index in [1.165, 1.54) is 0 Å². The number of rotatable bonds is 2. The Morgan fingerprint density at radius 3 is 1.59 bits per heavy atom. The van der Waals surface area contributed by atoms with Crippen molar-refractivity contribution in [3.63, 3.8) is 0 Å². The van der Waals surface area contributed by atoms with Gasteiger partial charge in [0.05, 0.1) is 13.2 Å². The summed E-state index contributed by atoms with van der Waals surface area (Å²) in [6.07, 6.45) is 1.07. The lowest BCUT2D eigenvalue weighted by molar-refractivity contribution is -0.145. The largest absolute Gasteiger partial charge is 0.370 e. The van der Waals surface area contributed by atoms with Gasteiger partial charge in [0.1, 0.15) is 24.4 Å². The maximum atomic E-state index is 11.9. The lowest BCUT2D eigenvalue weighted by atomic mass is 10.0. The third kappa shape index (κ3) is 2.56. The van der Waals surface area contributed by atoms with Gasteiger partial charge in [-0.1, -0.05) is 0 Å². The molecule has 3 aliphatic heterocycles. The zero-order valence-electron chi connectivity index (χ0n) is 9.59. The molecule has 0 radical (unpaired) electrons. The number of carbonyl (C=O) groups is 2. The monoisotopic (exact) mass is 240 g/mol. The fraction of sp³-hybridized carbons (Fsp3) is 0.833. The van der Waals surface area contributed by atoms with Crippen LogP contribution in [0.2, 0.25) is 0 Å². The number of hydrogen-bond acceptors (Lipinski definition) is 5. The molecule has 3 heterocycles. The molecule has 0 saturated carbocycles. The van der Waals surface area contributed by atoms with Crippen LogP contribution in [0.1, 0.15) is 25.7 Å². The van der Waals surface area contributed by atoms with Crippen LogP contribution in [-0.2, 0) is 23.8 Å². The molecule has 5 heteroatoms. The van der Waals surface area contributed by atoms with Gasteiger partial charge in [0.25, 0.3) is 0 Å². The molecule has 3 rings (SSSR count). The molecule has 0 aliphatic carbocycles. The van der Waals surface area contributed by atoms with E-state index in [0.29, 0.717) is 26.1 Å². The molecule has 3 saturated heterocycles. The second kappa shape index (κ2) is 4.48. The summed E-state index contributed by atoms with van der Waals surface area (Å²) < 4.78 is 16.0. The lowest BCUT2D eigenvalue weighted by Gasteiger charge is -2.19. The Morgan fingerprint density at radius 1 is 0.824 bits per heavy atom. The highest BCUT2D eigenvalue weighted by Crippen LogP contribution is 2.28. The first-order chi connectivity index (χ1) is 8.25. The predicted octanol–water partition coefficient (Wildman–Crippen LogP) is 0.250. The summed E-state index contributed by atoms with van der Waals surface area (Å²) in [5.74, 6) is 0.126. The quantitative estimate of drug-likeness (QED) is 0.647. The van der Waals surface area contributed by atoms with Gasteiger partial charge in [0, 0.05) is 12.8 Å². The zero-order valence-corrected chi connectivity index (χ0v) is 9.59. The van der Waals surface area contributed by atoms with E-state index < -0.39 is 12.2 Å². The van der Waals surface area contributed by atoms with Gasteiger partial charge >= 0.3 is 0 Å². The van der Waals surface area contributed by atoms with E-state index in [1.807, 2.05) is 0 Å². The van der Waals surface area contributed by atoms with Gasteiger partial charge in [-0.3, -0.25) is 9.59 Å². The molecule has 0 aromatic carbocycles. The number of Topliss-reactive ketones (excluding diaryl/α,β-unsaturated/α-hetero) is 2. The fourth-order valence-corrected chi connectivity index (χ4v) is 2.24. The summed E-state index contributed by atoms with van der Waals surface area (Å²) in [6, 6.07) is 0. The second-order valence-electron chi connectivity index (χ2n) is 4.86. The van der Waals surface area contributed by atoms with Gasteiger partial charge < -0.3 is 14.2 Å². The molecule has 0 aromatic heterocycles. The summed E-state index contributed by atoms with van der Waals surface area (Å²) in [4.78, 5) is 23.9. The first kappa shape index (κ1) is 11.3. The van der Waals surface area contributed by atoms with Crippen molar-refractivity contribution in [1.29, 1.82) is 0 Å². The average molecular weight is 240 g/mol. The van der Waals surface area contributed by atoms with Gasteiger partial charge in [-0.25, -0.2) is 0 Å². The molecule has 0 spiro atoms. The van der Waals surface area contributed by atoms with E-state index in [4.69, 9.17) is 14.2 Å². The van der Waals surface area contributed by atoms with Gasteiger partial charge in [-0.05, 0) is 12.8 Å². The molecular formula is C12H16O5. The van der Waals surface area contributed by atoms with Crippen LogP contribution in [0.5, 0.6) is 0 Å². The molecule has 0 aromatic rings. The van der Waals surface area contributed by atoms with Crippen LogP contribution in [0, 0.1) is 0 Å². The van der Waals surface area contributed by atoms with E-state index in [9.17, 15) is 9.59 Å². The standard InChI is InChI=1S/C12H16O5/c13-7-3-1-2-4-8(14)12(10-6-16-10)17-11(7)9-5-15-9/h9-12H,1-6H2. The van der Waals surface area contributed by atoms with Crippen LogP contribution in [0.4, 0.5) is 0 Å². The van der Waals surface area contributed by atoms with E-state index in [0.717, 1.165) is 12.8 Å². The number of epoxide rings is 2. The van der Waals surface area contributed by atoms with Crippen LogP contribution in [0.15, 0.2) is 0 Å². The van der Waals surface area contributed by atoms with Crippen molar-refractivity contribution < 1.29 is 23.8 Å². The Bertz CT molecular complexity index is 300. The zero-order chi connectivity index (χ0) is 11.8. The molecule has 3 fully saturated rings. The van der Waals surface area contributed by atoms with Crippen LogP contribution in [0.3, 0.4) is 0 Å². The molecule has 3 aliphatic rings. The highest BCUT2D eigenvalue weighted by atomic mass is 16.6. The van der Waals surface area contributed by atoms with Gasteiger partial charge in [-0.15, -0.1) is 0 Å². The fourth-order valence-electron chi connectivity index (χ4n) is 2.24. The molecule has 5 nitrogen and oxygen atoms in total. The summed E-state index contributed by atoms with van der Waals surface area (Å²) >= 11 is 0. The van der Waals surface area contributed by atoms with Crippen molar-refractivity contribution in [3.8, 4) is 0 Å². The van der Waals surface area contributed by atoms with Crippen molar-refractivity contribution in [2.75, 3.05) is 13.2 Å². The van der Waals surface area contributed by atoms with E-state index >= 15 is 0 Å². The molecular weight excluding hydrogens is 224 g/mol. The Morgan fingerprint density at radius 2 is 1.24 bits per heavy atom. The first-order valence-corrected chi connectivity index (χ1v) is 6.20. The molecule has 17 heavy (non-hydrogen) atoms. The summed E-state index contributed by atoms with van der Waals surface area (Å²) in [5, 5.41) is 0. The summed E-state index contributed by atoms with van der Waals surface area (Å²) in [7, 11) is 0. The molecule has 94 valence electrons. The normalized spacial score (nSPS) is 42.6. The highest BCUT2D eigenvalue weighted by molar-refractivity contribution is 5.87. The topological polar surface area (TPSA) is 68.4 Å². The van der Waals surface area contributed by atoms with Crippen LogP contribution < -0.4 is 0 Å². The lowest BCUT2D eigenvalue weighted by Crippen LogP contribution is -2.39. The minimum Gasteiger partial charge on any atom is -0.370 e. The number of carbonyl (C=O) groups excluding carboxylic acids is 2. The second-order valence-corrected chi connectivity index (χ2v) is 4.86. The molecule has 4 unspecified atom stereocenters. The van der Waals surface area contributed by atoms with Crippen LogP contribution >= 0.6 is 0 Å². The Hall–Kier alpha value is -0.780. The van der Waals surface area contributed by atoms with Crippen molar-refractivity contribution in [2.45, 2.75) is 50.1 Å². The Balaban J connectivity index is 1.75. The third-order valence-electron chi connectivity index (χ3n) is 3.42. The molecule has 4 atom stereocenters. The van der Waals surface area contributed by atoms with E-state index in [-0.39, 0.29) is 23.8 Å². The number of hydrogen-bond donors (Lipinski definition) is 0. The maximum Gasteiger partial charge on any atom is 0.164 e.